The van der Waals surface area contributed by atoms with Crippen molar-refractivity contribution in [2.24, 2.45) is 0 Å². The number of thioether (sulfide) groups is 1. The summed E-state index contributed by atoms with van der Waals surface area (Å²) >= 11 is 1.73. The highest BCUT2D eigenvalue weighted by molar-refractivity contribution is 7.98. The maximum Gasteiger partial charge on any atom is 0.145 e. The molecule has 0 aliphatic heterocycles. The largest absolute Gasteiger partial charge is 0.494 e. The Hall–Kier alpha value is -1.62. The summed E-state index contributed by atoms with van der Waals surface area (Å²) in [5.41, 5.74) is 5.54. The van der Waals surface area contributed by atoms with E-state index in [-0.39, 0.29) is 0 Å². The maximum absolute atomic E-state index is 5.65. The smallest absolute Gasteiger partial charge is 0.145 e. The van der Waals surface area contributed by atoms with Crippen LogP contribution in [0.25, 0.3) is 0 Å². The minimum Gasteiger partial charge on any atom is -0.494 e. The molecule has 4 nitrogen and oxygen atoms in total. The topological polar surface area (TPSA) is 53.1 Å². The van der Waals surface area contributed by atoms with E-state index in [1.807, 2.05) is 23.0 Å². The number of nitrogens with two attached hydrogens (primary N) is 1. The van der Waals surface area contributed by atoms with Crippen molar-refractivity contribution in [3.63, 3.8) is 0 Å². The minimum atomic E-state index is 0.559. The Balaban J connectivity index is 1.71. The lowest BCUT2D eigenvalue weighted by atomic mass is 10.3. The van der Waals surface area contributed by atoms with Crippen LogP contribution in [0.5, 0.6) is 5.75 Å². The van der Waals surface area contributed by atoms with Gasteiger partial charge in [0, 0.05) is 24.1 Å². The molecule has 0 unspecified atom stereocenters. The second-order valence-corrected chi connectivity index (χ2v) is 4.76. The SMILES string of the molecule is CSc1ccc(OCCCn2ccc(N)n2)cc1. The zero-order chi connectivity index (χ0) is 12.8. The number of hydrogen-bond donors (Lipinski definition) is 1. The molecule has 2 N–H and O–H groups in total. The molecule has 0 amide bonds. The molecule has 2 aromatic rings. The van der Waals surface area contributed by atoms with Crippen molar-refractivity contribution in [1.82, 2.24) is 9.78 Å². The van der Waals surface area contributed by atoms with Crippen LogP contribution in [0.4, 0.5) is 5.82 Å². The number of nitrogens with zero attached hydrogens (tertiary/aromatic N) is 2. The van der Waals surface area contributed by atoms with E-state index >= 15 is 0 Å². The summed E-state index contributed by atoms with van der Waals surface area (Å²) in [5, 5.41) is 4.11. The predicted octanol–water partition coefficient (Wildman–Crippen LogP) is 2.66. The molecule has 0 saturated carbocycles. The number of rotatable bonds is 6. The van der Waals surface area contributed by atoms with Crippen LogP contribution in [0.2, 0.25) is 0 Å². The van der Waals surface area contributed by atoms with Crippen molar-refractivity contribution < 1.29 is 4.74 Å². The van der Waals surface area contributed by atoms with Crippen LogP contribution in [0, 0.1) is 0 Å². The molecular weight excluding hydrogens is 246 g/mol. The van der Waals surface area contributed by atoms with Crippen LogP contribution in [-0.2, 0) is 6.54 Å². The summed E-state index contributed by atoms with van der Waals surface area (Å²) in [4.78, 5) is 1.24. The fourth-order valence-corrected chi connectivity index (χ4v) is 2.00. The van der Waals surface area contributed by atoms with Crippen LogP contribution < -0.4 is 10.5 Å². The Bertz CT molecular complexity index is 481. The van der Waals surface area contributed by atoms with Gasteiger partial charge in [0.2, 0.25) is 0 Å². The molecule has 0 atom stereocenters. The first-order valence-corrected chi connectivity index (χ1v) is 7.06. The Morgan fingerprint density at radius 1 is 1.28 bits per heavy atom. The molecule has 1 heterocycles. The molecule has 1 aromatic heterocycles. The number of anilines is 1. The van der Waals surface area contributed by atoms with Gasteiger partial charge in [-0.1, -0.05) is 0 Å². The third-order valence-electron chi connectivity index (χ3n) is 2.52. The van der Waals surface area contributed by atoms with Gasteiger partial charge in [-0.25, -0.2) is 0 Å². The van der Waals surface area contributed by atoms with E-state index < -0.39 is 0 Å². The van der Waals surface area contributed by atoms with E-state index in [2.05, 4.69) is 23.5 Å². The quantitative estimate of drug-likeness (QED) is 0.643. The van der Waals surface area contributed by atoms with Gasteiger partial charge in [0.05, 0.1) is 6.61 Å². The summed E-state index contributed by atoms with van der Waals surface area (Å²) in [6, 6.07) is 9.92. The lowest BCUT2D eigenvalue weighted by Gasteiger charge is -2.06. The summed E-state index contributed by atoms with van der Waals surface area (Å²) in [6.45, 7) is 1.50. The van der Waals surface area contributed by atoms with Crippen molar-refractivity contribution in [2.45, 2.75) is 17.9 Å². The van der Waals surface area contributed by atoms with Gasteiger partial charge in [0.15, 0.2) is 0 Å². The average molecular weight is 263 g/mol. The molecular formula is C13H17N3OS. The van der Waals surface area contributed by atoms with E-state index in [4.69, 9.17) is 10.5 Å². The summed E-state index contributed by atoms with van der Waals surface area (Å²) in [6.07, 6.45) is 4.85. The molecule has 18 heavy (non-hydrogen) atoms. The Labute approximate surface area is 111 Å². The first-order valence-electron chi connectivity index (χ1n) is 5.84. The van der Waals surface area contributed by atoms with Gasteiger partial charge in [0.1, 0.15) is 11.6 Å². The third-order valence-corrected chi connectivity index (χ3v) is 3.26. The number of ether oxygens (including phenoxy) is 1. The van der Waals surface area contributed by atoms with Crippen molar-refractivity contribution in [3.8, 4) is 5.75 Å². The lowest BCUT2D eigenvalue weighted by molar-refractivity contribution is 0.298. The summed E-state index contributed by atoms with van der Waals surface area (Å²) in [5.74, 6) is 1.47. The van der Waals surface area contributed by atoms with E-state index in [9.17, 15) is 0 Å². The molecule has 5 heteroatoms. The second kappa shape index (κ2) is 6.35. The van der Waals surface area contributed by atoms with Gasteiger partial charge in [0.25, 0.3) is 0 Å². The summed E-state index contributed by atoms with van der Waals surface area (Å²) in [7, 11) is 0. The fourth-order valence-electron chi connectivity index (χ4n) is 1.59. The zero-order valence-corrected chi connectivity index (χ0v) is 11.2. The Kier molecular flexibility index (Phi) is 4.52. The first-order chi connectivity index (χ1) is 8.78. The van der Waals surface area contributed by atoms with Gasteiger partial charge in [-0.3, -0.25) is 4.68 Å². The van der Waals surface area contributed by atoms with Crippen molar-refractivity contribution >= 4 is 17.6 Å². The van der Waals surface area contributed by atoms with Crippen LogP contribution in [0.3, 0.4) is 0 Å². The van der Waals surface area contributed by atoms with Gasteiger partial charge in [-0.05, 0) is 36.6 Å². The van der Waals surface area contributed by atoms with Crippen molar-refractivity contribution in [1.29, 1.82) is 0 Å². The summed E-state index contributed by atoms with van der Waals surface area (Å²) < 4.78 is 7.48. The molecule has 0 aliphatic rings. The molecule has 0 bridgehead atoms. The van der Waals surface area contributed by atoms with Crippen LogP contribution in [-0.4, -0.2) is 22.6 Å². The molecule has 0 saturated heterocycles. The molecule has 0 aliphatic carbocycles. The first kappa shape index (κ1) is 12.8. The highest BCUT2D eigenvalue weighted by Crippen LogP contribution is 2.18. The van der Waals surface area contributed by atoms with Crippen molar-refractivity contribution in [2.75, 3.05) is 18.6 Å². The molecule has 0 radical (unpaired) electrons. The van der Waals surface area contributed by atoms with E-state index in [1.54, 1.807) is 17.8 Å². The molecule has 1 aromatic carbocycles. The van der Waals surface area contributed by atoms with Gasteiger partial charge >= 0.3 is 0 Å². The third kappa shape index (κ3) is 3.70. The number of nitrogen functional groups attached to an aromatic ring is 1. The van der Waals surface area contributed by atoms with Crippen LogP contribution in [0.1, 0.15) is 6.42 Å². The van der Waals surface area contributed by atoms with E-state index in [0.717, 1.165) is 18.7 Å². The normalized spacial score (nSPS) is 10.5. The maximum atomic E-state index is 5.65. The minimum absolute atomic E-state index is 0.559. The molecule has 2 rings (SSSR count). The number of aryl methyl sites for hydroxylation is 1. The van der Waals surface area contributed by atoms with Crippen LogP contribution >= 0.6 is 11.8 Å². The average Bonchev–Trinajstić information content (AvgIpc) is 2.81. The zero-order valence-electron chi connectivity index (χ0n) is 10.4. The van der Waals surface area contributed by atoms with Crippen molar-refractivity contribution in [3.05, 3.63) is 36.5 Å². The van der Waals surface area contributed by atoms with E-state index in [1.165, 1.54) is 4.90 Å². The lowest BCUT2D eigenvalue weighted by Crippen LogP contribution is -2.05. The highest BCUT2D eigenvalue weighted by atomic mass is 32.2. The fraction of sp³-hybridized carbons (Fsp3) is 0.308. The number of benzene rings is 1. The Morgan fingerprint density at radius 3 is 2.67 bits per heavy atom. The van der Waals surface area contributed by atoms with Gasteiger partial charge < -0.3 is 10.5 Å². The number of aromatic nitrogens is 2. The Morgan fingerprint density at radius 2 is 2.06 bits per heavy atom. The van der Waals surface area contributed by atoms with Crippen LogP contribution in [0.15, 0.2) is 41.4 Å². The molecule has 0 spiro atoms. The standard InChI is InChI=1S/C13H17N3OS/c1-18-12-5-3-11(4-6-12)17-10-2-8-16-9-7-13(14)15-16/h3-7,9H,2,8,10H2,1H3,(H2,14,15). The molecule has 0 fully saturated rings. The molecule has 96 valence electrons. The monoisotopic (exact) mass is 263 g/mol. The highest BCUT2D eigenvalue weighted by Gasteiger charge is 1.97. The number of hydrogen-bond acceptors (Lipinski definition) is 4. The second-order valence-electron chi connectivity index (χ2n) is 3.88. The predicted molar refractivity (Wildman–Crippen MR) is 75.0 cm³/mol. The van der Waals surface area contributed by atoms with E-state index in [0.29, 0.717) is 12.4 Å². The van der Waals surface area contributed by atoms with Gasteiger partial charge in [-0.2, -0.15) is 5.10 Å². The van der Waals surface area contributed by atoms with Gasteiger partial charge in [-0.15, -0.1) is 11.8 Å².